The summed E-state index contributed by atoms with van der Waals surface area (Å²) in [5, 5.41) is 20.6. The zero-order valence-corrected chi connectivity index (χ0v) is 22.0. The molecule has 4 amide bonds. The molecule has 0 spiro atoms. The van der Waals surface area contributed by atoms with Crippen molar-refractivity contribution < 1.29 is 55.8 Å². The van der Waals surface area contributed by atoms with Crippen molar-refractivity contribution in [3.63, 3.8) is 0 Å². The van der Waals surface area contributed by atoms with Crippen molar-refractivity contribution in [1.82, 2.24) is 5.06 Å². The maximum Gasteiger partial charge on any atom is 0.258 e. The molecule has 6 rings (SSSR count). The number of carbonyl (C=O) groups is 4. The molecule has 2 heterocycles. The first-order valence-electron chi connectivity index (χ1n) is 12.1. The maximum absolute atomic E-state index is 14.9. The highest BCUT2D eigenvalue weighted by Gasteiger charge is 2.77. The van der Waals surface area contributed by atoms with E-state index in [9.17, 15) is 55.8 Å². The molecule has 6 atom stereocenters. The molecule has 3 fully saturated rings. The Hall–Kier alpha value is -3.62. The molecule has 0 aromatic heterocycles. The van der Waals surface area contributed by atoms with E-state index in [0.29, 0.717) is 0 Å². The molecule has 4 aliphatic rings. The fraction of sp³-hybridized carbons (Fsp3) is 0.308. The van der Waals surface area contributed by atoms with E-state index >= 15 is 0 Å². The average molecular weight is 635 g/mol. The molecule has 2 aliphatic carbocycles. The highest BCUT2D eigenvalue weighted by molar-refractivity contribution is 6.58. The van der Waals surface area contributed by atoms with Gasteiger partial charge in [-0.1, -0.05) is 23.8 Å². The molecule has 1 saturated carbocycles. The summed E-state index contributed by atoms with van der Waals surface area (Å²) in [4.78, 5) is 47.2. The first-order valence-corrected chi connectivity index (χ1v) is 12.9. The van der Waals surface area contributed by atoms with Crippen molar-refractivity contribution in [1.29, 1.82) is 0 Å². The number of imide groups is 2. The summed E-state index contributed by atoms with van der Waals surface area (Å²) in [6.07, 6.45) is 0.294. The number of benzene rings is 2. The number of halogens is 8. The summed E-state index contributed by atoms with van der Waals surface area (Å²) in [5.41, 5.74) is -2.45. The summed E-state index contributed by atoms with van der Waals surface area (Å²) in [6, 6.07) is 2.99. The van der Waals surface area contributed by atoms with Crippen molar-refractivity contribution in [3.05, 3.63) is 70.3 Å². The highest BCUT2D eigenvalue weighted by atomic mass is 35.5. The van der Waals surface area contributed by atoms with E-state index in [-0.39, 0.29) is 17.1 Å². The van der Waals surface area contributed by atoms with E-state index in [4.69, 9.17) is 23.2 Å². The number of phenols is 1. The van der Waals surface area contributed by atoms with Gasteiger partial charge in [0.05, 0.1) is 11.8 Å². The molecule has 42 heavy (non-hydrogen) atoms. The van der Waals surface area contributed by atoms with Crippen LogP contribution in [0, 0.1) is 52.7 Å². The number of fused-ring (bicyclic) bond motifs is 4. The van der Waals surface area contributed by atoms with Gasteiger partial charge in [0.2, 0.25) is 5.82 Å². The van der Waals surface area contributed by atoms with Gasteiger partial charge in [0.1, 0.15) is 5.69 Å². The third-order valence-corrected chi connectivity index (χ3v) is 9.94. The average Bonchev–Trinajstić information content (AvgIpc) is 3.26. The lowest BCUT2D eigenvalue weighted by molar-refractivity contribution is -0.173. The molecule has 0 unspecified atom stereocenters. The van der Waals surface area contributed by atoms with Gasteiger partial charge in [0.15, 0.2) is 44.6 Å². The van der Waals surface area contributed by atoms with Crippen LogP contribution in [0.25, 0.3) is 0 Å². The van der Waals surface area contributed by atoms with Crippen LogP contribution in [-0.2, 0) is 19.2 Å². The van der Waals surface area contributed by atoms with E-state index in [2.05, 4.69) is 0 Å². The number of hydrogen-bond donors (Lipinski definition) is 2. The standard InChI is InChI=1S/C26H14Cl2F6N2O6/c27-25-6-10-7(4-5-8-12(10)22(39)36(42)21(8)38)13(9-2-1-3-11(29)20(9)37)26(25,28)24(41)35(23(25)40)19-17(33)15(31)14(30)16(32)18(19)34/h1-4,8,10,12-13,37,42H,5-6H2/t8-,10+,12-,13+,25+,26-/m0/s1. The lowest BCUT2D eigenvalue weighted by atomic mass is 9.56. The number of carbonyl (C=O) groups excluding carboxylic acids is 4. The van der Waals surface area contributed by atoms with Gasteiger partial charge in [0.25, 0.3) is 23.6 Å². The van der Waals surface area contributed by atoms with E-state index < -0.39 is 120 Å². The zero-order valence-electron chi connectivity index (χ0n) is 20.5. The van der Waals surface area contributed by atoms with Crippen LogP contribution in [0.5, 0.6) is 5.75 Å². The first kappa shape index (κ1) is 28.5. The second kappa shape index (κ2) is 8.94. The molecule has 0 radical (unpaired) electrons. The first-order chi connectivity index (χ1) is 19.6. The van der Waals surface area contributed by atoms with E-state index in [1.807, 2.05) is 0 Å². The van der Waals surface area contributed by atoms with Crippen molar-refractivity contribution in [2.75, 3.05) is 4.90 Å². The number of allylic oxidation sites excluding steroid dienone is 2. The summed E-state index contributed by atoms with van der Waals surface area (Å²) in [6.45, 7) is 0. The van der Waals surface area contributed by atoms with Crippen LogP contribution in [-0.4, -0.2) is 48.8 Å². The predicted octanol–water partition coefficient (Wildman–Crippen LogP) is 4.18. The number of para-hydroxylation sites is 1. The lowest BCUT2D eigenvalue weighted by Crippen LogP contribution is -2.60. The Morgan fingerprint density at radius 3 is 2.05 bits per heavy atom. The molecule has 220 valence electrons. The quantitative estimate of drug-likeness (QED) is 0.0974. The molecule has 2 aromatic rings. The number of amides is 4. The van der Waals surface area contributed by atoms with Crippen LogP contribution in [0.1, 0.15) is 24.3 Å². The van der Waals surface area contributed by atoms with Gasteiger partial charge >= 0.3 is 0 Å². The summed E-state index contributed by atoms with van der Waals surface area (Å²) < 4.78 is 86.5. The molecule has 0 bridgehead atoms. The Bertz CT molecular complexity index is 1680. The Morgan fingerprint density at radius 2 is 1.43 bits per heavy atom. The molecule has 2 aliphatic heterocycles. The Kier molecular flexibility index (Phi) is 6.07. The second-order valence-electron chi connectivity index (χ2n) is 10.4. The van der Waals surface area contributed by atoms with Gasteiger partial charge in [-0.3, -0.25) is 24.4 Å². The summed E-state index contributed by atoms with van der Waals surface area (Å²) in [5.74, 6) is -26.3. The highest BCUT2D eigenvalue weighted by Crippen LogP contribution is 2.66. The minimum absolute atomic E-state index is 0.0136. The van der Waals surface area contributed by atoms with Gasteiger partial charge in [0, 0.05) is 11.5 Å². The van der Waals surface area contributed by atoms with Gasteiger partial charge in [-0.05, 0) is 24.8 Å². The second-order valence-corrected chi connectivity index (χ2v) is 11.6. The number of phenolic OH excluding ortho intramolecular Hbond substituents is 1. The summed E-state index contributed by atoms with van der Waals surface area (Å²) >= 11 is 13.6. The molecule has 2 saturated heterocycles. The van der Waals surface area contributed by atoms with E-state index in [0.717, 1.165) is 18.2 Å². The minimum Gasteiger partial charge on any atom is -0.505 e. The van der Waals surface area contributed by atoms with E-state index in [1.54, 1.807) is 0 Å². The third-order valence-electron chi connectivity index (χ3n) is 8.53. The fourth-order valence-corrected chi connectivity index (χ4v) is 7.59. The Labute approximate surface area is 240 Å². The van der Waals surface area contributed by atoms with E-state index in [1.165, 1.54) is 6.08 Å². The Morgan fingerprint density at radius 1 is 0.833 bits per heavy atom. The SMILES string of the molecule is O=C1[C@H]2[C@H](CC=C3[C@H]2C[C@@]2(Cl)C(=O)N(c4c(F)c(F)c(F)c(F)c4F)C(=O)[C@@]2(Cl)[C@H]3c2cccc(F)c2O)C(=O)N1O. The number of rotatable bonds is 2. The van der Waals surface area contributed by atoms with Crippen LogP contribution >= 0.6 is 23.2 Å². The number of aromatic hydroxyl groups is 1. The largest absolute Gasteiger partial charge is 0.505 e. The van der Waals surface area contributed by atoms with Crippen LogP contribution in [0.15, 0.2) is 29.8 Å². The number of anilines is 1. The van der Waals surface area contributed by atoms with Crippen LogP contribution in [0.4, 0.5) is 32.0 Å². The molecular formula is C26H14Cl2F6N2O6. The number of hydroxylamine groups is 2. The number of nitrogens with zero attached hydrogens (tertiary/aromatic N) is 2. The maximum atomic E-state index is 14.9. The monoisotopic (exact) mass is 634 g/mol. The molecular weight excluding hydrogens is 621 g/mol. The fourth-order valence-electron chi connectivity index (χ4n) is 6.66. The van der Waals surface area contributed by atoms with Crippen LogP contribution in [0.3, 0.4) is 0 Å². The van der Waals surface area contributed by atoms with Gasteiger partial charge in [-0.15, -0.1) is 23.2 Å². The molecule has 8 nitrogen and oxygen atoms in total. The van der Waals surface area contributed by atoms with Crippen LogP contribution in [0.2, 0.25) is 0 Å². The van der Waals surface area contributed by atoms with Crippen molar-refractivity contribution >= 4 is 52.5 Å². The number of hydrogen-bond acceptors (Lipinski definition) is 6. The third kappa shape index (κ3) is 3.20. The zero-order chi connectivity index (χ0) is 30.8. The van der Waals surface area contributed by atoms with Crippen LogP contribution < -0.4 is 4.90 Å². The lowest BCUT2D eigenvalue weighted by Gasteiger charge is -2.50. The minimum atomic E-state index is -2.91. The normalized spacial score (nSPS) is 32.3. The smallest absolute Gasteiger partial charge is 0.258 e. The van der Waals surface area contributed by atoms with Crippen molar-refractivity contribution in [2.24, 2.45) is 17.8 Å². The molecule has 2 aromatic carbocycles. The molecule has 2 N–H and O–H groups in total. The predicted molar refractivity (Wildman–Crippen MR) is 128 cm³/mol. The van der Waals surface area contributed by atoms with Crippen molar-refractivity contribution in [2.45, 2.75) is 28.5 Å². The van der Waals surface area contributed by atoms with Gasteiger partial charge in [-0.25, -0.2) is 31.2 Å². The summed E-state index contributed by atoms with van der Waals surface area (Å²) in [7, 11) is 0. The topological polar surface area (TPSA) is 115 Å². The number of alkyl halides is 2. The van der Waals surface area contributed by atoms with Gasteiger partial charge in [-0.2, -0.15) is 5.06 Å². The van der Waals surface area contributed by atoms with Gasteiger partial charge < -0.3 is 5.11 Å². The van der Waals surface area contributed by atoms with Crippen molar-refractivity contribution in [3.8, 4) is 5.75 Å². The molecule has 16 heteroatoms. The Balaban J connectivity index is 1.64.